The third kappa shape index (κ3) is 3.95. The van der Waals surface area contributed by atoms with Crippen molar-refractivity contribution in [1.29, 1.82) is 0 Å². The van der Waals surface area contributed by atoms with Crippen LogP contribution >= 0.6 is 15.9 Å². The van der Waals surface area contributed by atoms with E-state index in [4.69, 9.17) is 4.74 Å². The summed E-state index contributed by atoms with van der Waals surface area (Å²) in [5.74, 6) is -1.21. The summed E-state index contributed by atoms with van der Waals surface area (Å²) in [4.78, 5) is 26.0. The summed E-state index contributed by atoms with van der Waals surface area (Å²) in [6.45, 7) is 2.05. The van der Waals surface area contributed by atoms with E-state index in [-0.39, 0.29) is 12.5 Å². The number of aryl methyl sites for hydroxylation is 1. The average Bonchev–Trinajstić information content (AvgIpc) is 3.07. The Morgan fingerprint density at radius 3 is 2.16 bits per heavy atom. The predicted molar refractivity (Wildman–Crippen MR) is 122 cm³/mol. The van der Waals surface area contributed by atoms with Crippen molar-refractivity contribution in [3.8, 4) is 11.1 Å². The molecule has 1 atom stereocenters. The number of carboxylic acids is 1. The highest BCUT2D eigenvalue weighted by atomic mass is 79.9. The Bertz CT molecular complexity index is 1110. The van der Waals surface area contributed by atoms with Gasteiger partial charge in [0.05, 0.1) is 0 Å². The quantitative estimate of drug-likeness (QED) is 0.504. The van der Waals surface area contributed by atoms with Crippen molar-refractivity contribution in [2.75, 3.05) is 13.7 Å². The van der Waals surface area contributed by atoms with Crippen LogP contribution in [0.5, 0.6) is 0 Å². The summed E-state index contributed by atoms with van der Waals surface area (Å²) in [7, 11) is 1.45. The smallest absolute Gasteiger partial charge is 0.410 e. The van der Waals surface area contributed by atoms with E-state index in [1.54, 1.807) is 6.07 Å². The van der Waals surface area contributed by atoms with Crippen LogP contribution in [0, 0.1) is 6.92 Å². The zero-order valence-corrected chi connectivity index (χ0v) is 18.8. The maximum absolute atomic E-state index is 12.8. The number of benzene rings is 3. The largest absolute Gasteiger partial charge is 0.479 e. The van der Waals surface area contributed by atoms with Gasteiger partial charge in [0.25, 0.3) is 0 Å². The molecule has 31 heavy (non-hydrogen) atoms. The van der Waals surface area contributed by atoms with Gasteiger partial charge < -0.3 is 9.84 Å². The van der Waals surface area contributed by atoms with Crippen LogP contribution in [0.1, 0.15) is 34.2 Å². The van der Waals surface area contributed by atoms with Gasteiger partial charge in [0.2, 0.25) is 0 Å². The van der Waals surface area contributed by atoms with Crippen LogP contribution in [0.2, 0.25) is 0 Å². The number of halogens is 1. The van der Waals surface area contributed by atoms with Crippen LogP contribution in [-0.2, 0) is 9.53 Å². The zero-order chi connectivity index (χ0) is 22.1. The second kappa shape index (κ2) is 8.55. The van der Waals surface area contributed by atoms with Gasteiger partial charge in [0.15, 0.2) is 6.04 Å². The number of carboxylic acid groups (broad SMARTS) is 1. The third-order valence-electron chi connectivity index (χ3n) is 5.70. The van der Waals surface area contributed by atoms with E-state index in [1.165, 1.54) is 7.05 Å². The minimum absolute atomic E-state index is 0.0841. The monoisotopic (exact) mass is 479 g/mol. The molecule has 3 aromatic carbocycles. The van der Waals surface area contributed by atoms with E-state index >= 15 is 0 Å². The molecular formula is C25H22BrNO4. The Kier molecular flexibility index (Phi) is 5.83. The molecule has 1 amide bonds. The summed E-state index contributed by atoms with van der Waals surface area (Å²) in [6, 6.07) is 20.4. The van der Waals surface area contributed by atoms with Crippen LogP contribution in [-0.4, -0.2) is 35.7 Å². The molecule has 0 bridgehead atoms. The van der Waals surface area contributed by atoms with Crippen molar-refractivity contribution >= 4 is 28.0 Å². The average molecular weight is 480 g/mol. The van der Waals surface area contributed by atoms with E-state index in [9.17, 15) is 14.7 Å². The van der Waals surface area contributed by atoms with Crippen molar-refractivity contribution in [2.45, 2.75) is 18.9 Å². The van der Waals surface area contributed by atoms with Gasteiger partial charge in [0.1, 0.15) is 6.61 Å². The molecule has 4 rings (SSSR count). The highest BCUT2D eigenvalue weighted by Crippen LogP contribution is 2.44. The van der Waals surface area contributed by atoms with Crippen molar-refractivity contribution < 1.29 is 19.4 Å². The van der Waals surface area contributed by atoms with Crippen LogP contribution in [0.4, 0.5) is 4.79 Å². The lowest BCUT2D eigenvalue weighted by atomic mass is 9.98. The molecule has 1 aliphatic carbocycles. The highest BCUT2D eigenvalue weighted by molar-refractivity contribution is 9.10. The molecule has 3 aromatic rings. The number of aliphatic carboxylic acids is 1. The van der Waals surface area contributed by atoms with Crippen molar-refractivity contribution in [3.63, 3.8) is 0 Å². The predicted octanol–water partition coefficient (Wildman–Crippen LogP) is 5.76. The van der Waals surface area contributed by atoms with Crippen molar-refractivity contribution in [3.05, 3.63) is 93.5 Å². The molecule has 158 valence electrons. The second-order valence-corrected chi connectivity index (χ2v) is 8.53. The highest BCUT2D eigenvalue weighted by Gasteiger charge is 2.33. The Hall–Kier alpha value is -3.12. The first-order valence-corrected chi connectivity index (χ1v) is 10.7. The first-order chi connectivity index (χ1) is 14.9. The third-order valence-corrected chi connectivity index (χ3v) is 6.38. The minimum atomic E-state index is -1.16. The molecule has 5 nitrogen and oxygen atoms in total. The lowest BCUT2D eigenvalue weighted by Crippen LogP contribution is -2.37. The van der Waals surface area contributed by atoms with Gasteiger partial charge in [0, 0.05) is 23.0 Å². The van der Waals surface area contributed by atoms with E-state index < -0.39 is 18.1 Å². The molecule has 1 unspecified atom stereocenters. The minimum Gasteiger partial charge on any atom is -0.479 e. The summed E-state index contributed by atoms with van der Waals surface area (Å²) >= 11 is 3.42. The second-order valence-electron chi connectivity index (χ2n) is 7.68. The van der Waals surface area contributed by atoms with E-state index in [0.29, 0.717) is 10.0 Å². The Morgan fingerprint density at radius 1 is 1.03 bits per heavy atom. The van der Waals surface area contributed by atoms with E-state index in [0.717, 1.165) is 32.7 Å². The Morgan fingerprint density at radius 2 is 1.61 bits per heavy atom. The standard InChI is InChI=1S/C25H22BrNO4/c1-15-11-12-20(22(26)13-15)23(24(28)29)27(2)25(30)31-14-21-18-9-5-3-7-16(18)17-8-4-6-10-19(17)21/h3-13,21,23H,14H2,1-2H3,(H,28,29). The number of amides is 1. The lowest BCUT2D eigenvalue weighted by Gasteiger charge is -2.26. The van der Waals surface area contributed by atoms with Crippen LogP contribution < -0.4 is 0 Å². The number of rotatable bonds is 5. The molecule has 1 N–H and O–H groups in total. The van der Waals surface area contributed by atoms with Gasteiger partial charge in [-0.3, -0.25) is 4.90 Å². The fourth-order valence-electron chi connectivity index (χ4n) is 4.16. The number of hydrogen-bond donors (Lipinski definition) is 1. The fraction of sp³-hybridized carbons (Fsp3) is 0.200. The van der Waals surface area contributed by atoms with Gasteiger partial charge in [-0.25, -0.2) is 9.59 Å². The number of carbonyl (C=O) groups excluding carboxylic acids is 1. The van der Waals surface area contributed by atoms with E-state index in [2.05, 4.69) is 28.1 Å². The number of fused-ring (bicyclic) bond motifs is 3. The molecule has 6 heteroatoms. The molecule has 1 aliphatic rings. The molecule has 0 saturated heterocycles. The number of ether oxygens (including phenoxy) is 1. The molecule has 0 aromatic heterocycles. The number of nitrogens with zero attached hydrogens (tertiary/aromatic N) is 1. The summed E-state index contributed by atoms with van der Waals surface area (Å²) in [6.07, 6.45) is -0.679. The number of hydrogen-bond acceptors (Lipinski definition) is 3. The van der Waals surface area contributed by atoms with E-state index in [1.807, 2.05) is 55.5 Å². The Labute approximate surface area is 189 Å². The summed E-state index contributed by atoms with van der Waals surface area (Å²) in [5, 5.41) is 9.81. The zero-order valence-electron chi connectivity index (χ0n) is 17.2. The van der Waals surface area contributed by atoms with Crippen molar-refractivity contribution in [1.82, 2.24) is 4.90 Å². The van der Waals surface area contributed by atoms with Gasteiger partial charge >= 0.3 is 12.1 Å². The van der Waals surface area contributed by atoms with Gasteiger partial charge in [-0.15, -0.1) is 0 Å². The van der Waals surface area contributed by atoms with Gasteiger partial charge in [-0.1, -0.05) is 76.6 Å². The lowest BCUT2D eigenvalue weighted by molar-refractivity contribution is -0.142. The molecule has 0 saturated carbocycles. The number of likely N-dealkylation sites (N-methyl/N-ethyl adjacent to an activating group) is 1. The van der Waals surface area contributed by atoms with Crippen molar-refractivity contribution in [2.24, 2.45) is 0 Å². The number of carbonyl (C=O) groups is 2. The van der Waals surface area contributed by atoms with Gasteiger partial charge in [-0.05, 0) is 40.8 Å². The summed E-state index contributed by atoms with van der Waals surface area (Å²) < 4.78 is 6.26. The first kappa shape index (κ1) is 21.1. The molecule has 0 radical (unpaired) electrons. The maximum atomic E-state index is 12.8. The van der Waals surface area contributed by atoms with Crippen LogP contribution in [0.25, 0.3) is 11.1 Å². The van der Waals surface area contributed by atoms with Crippen LogP contribution in [0.15, 0.2) is 71.2 Å². The maximum Gasteiger partial charge on any atom is 0.410 e. The molecule has 0 spiro atoms. The SMILES string of the molecule is Cc1ccc(C(C(=O)O)N(C)C(=O)OCC2c3ccccc3-c3ccccc32)c(Br)c1. The topological polar surface area (TPSA) is 66.8 Å². The Balaban J connectivity index is 1.55. The van der Waals surface area contributed by atoms with Gasteiger partial charge in [-0.2, -0.15) is 0 Å². The van der Waals surface area contributed by atoms with Crippen LogP contribution in [0.3, 0.4) is 0 Å². The normalized spacial score (nSPS) is 13.3. The summed E-state index contributed by atoms with van der Waals surface area (Å²) in [5.41, 5.74) is 5.97. The first-order valence-electron chi connectivity index (χ1n) is 9.95. The molecular weight excluding hydrogens is 458 g/mol. The molecule has 0 heterocycles. The molecule has 0 fully saturated rings. The molecule has 0 aliphatic heterocycles. The fourth-order valence-corrected chi connectivity index (χ4v) is 4.87.